The van der Waals surface area contributed by atoms with Crippen molar-refractivity contribution >= 4 is 15.9 Å². The number of hydrogen-bond donors (Lipinski definition) is 1. The average molecular weight is 238 g/mol. The maximum absolute atomic E-state index is 6.03. The first-order valence-corrected chi connectivity index (χ1v) is 5.57. The molecule has 0 bridgehead atoms. The highest BCUT2D eigenvalue weighted by Crippen LogP contribution is 2.57. The lowest BCUT2D eigenvalue weighted by atomic mass is 9.98. The molecule has 2 heteroatoms. The van der Waals surface area contributed by atoms with Crippen molar-refractivity contribution in [3.05, 3.63) is 33.8 Å². The van der Waals surface area contributed by atoms with Gasteiger partial charge in [-0.1, -0.05) is 28.1 Å². The molecule has 1 aromatic rings. The number of rotatable bonds is 0. The lowest BCUT2D eigenvalue weighted by molar-refractivity contribution is 0.649. The topological polar surface area (TPSA) is 26.0 Å². The van der Waals surface area contributed by atoms with Crippen LogP contribution in [0.2, 0.25) is 0 Å². The van der Waals surface area contributed by atoms with Gasteiger partial charge < -0.3 is 5.73 Å². The molecular weight excluding hydrogens is 226 g/mol. The quantitative estimate of drug-likeness (QED) is 0.737. The van der Waals surface area contributed by atoms with E-state index in [1.165, 1.54) is 34.9 Å². The Balaban J connectivity index is 2.21. The van der Waals surface area contributed by atoms with E-state index in [9.17, 15) is 0 Å². The molecule has 0 aliphatic heterocycles. The van der Waals surface area contributed by atoms with E-state index in [1.54, 1.807) is 0 Å². The normalized spacial score (nSPS) is 35.1. The van der Waals surface area contributed by atoms with Crippen LogP contribution in [0, 0.1) is 0 Å². The van der Waals surface area contributed by atoms with Gasteiger partial charge in [-0.05, 0) is 36.5 Å². The maximum atomic E-state index is 6.03. The second-order valence-corrected chi connectivity index (χ2v) is 5.10. The summed E-state index contributed by atoms with van der Waals surface area (Å²) in [6.45, 7) is 0. The molecular formula is C11H12BrN. The van der Waals surface area contributed by atoms with Gasteiger partial charge in [0.15, 0.2) is 0 Å². The molecule has 0 radical (unpaired) electrons. The van der Waals surface area contributed by atoms with Gasteiger partial charge in [-0.25, -0.2) is 0 Å². The molecule has 13 heavy (non-hydrogen) atoms. The Morgan fingerprint density at radius 2 is 2.23 bits per heavy atom. The zero-order valence-corrected chi connectivity index (χ0v) is 8.97. The van der Waals surface area contributed by atoms with Crippen LogP contribution in [0.4, 0.5) is 0 Å². The SMILES string of the molecule is N[C@@H]1C[C@]12CCc1cccc(Br)c12. The molecule has 0 amide bonds. The molecule has 2 aliphatic carbocycles. The maximum Gasteiger partial charge on any atom is 0.0216 e. The molecule has 2 aliphatic rings. The minimum absolute atomic E-state index is 0.357. The summed E-state index contributed by atoms with van der Waals surface area (Å²) in [5, 5.41) is 0. The summed E-state index contributed by atoms with van der Waals surface area (Å²) in [7, 11) is 0. The predicted molar refractivity (Wildman–Crippen MR) is 56.7 cm³/mol. The van der Waals surface area contributed by atoms with E-state index in [0.29, 0.717) is 11.5 Å². The predicted octanol–water partition coefficient (Wildman–Crippen LogP) is 2.36. The second kappa shape index (κ2) is 2.37. The zero-order valence-electron chi connectivity index (χ0n) is 7.39. The molecule has 3 rings (SSSR count). The van der Waals surface area contributed by atoms with Gasteiger partial charge in [0.05, 0.1) is 0 Å². The highest BCUT2D eigenvalue weighted by molar-refractivity contribution is 9.10. The van der Waals surface area contributed by atoms with Crippen LogP contribution in [0.1, 0.15) is 24.0 Å². The molecule has 0 aromatic heterocycles. The molecule has 2 N–H and O–H groups in total. The van der Waals surface area contributed by atoms with Crippen molar-refractivity contribution in [1.29, 1.82) is 0 Å². The van der Waals surface area contributed by atoms with Crippen molar-refractivity contribution in [3.8, 4) is 0 Å². The fourth-order valence-electron chi connectivity index (χ4n) is 2.73. The van der Waals surface area contributed by atoms with Crippen LogP contribution in [0.5, 0.6) is 0 Å². The molecule has 1 fully saturated rings. The van der Waals surface area contributed by atoms with E-state index < -0.39 is 0 Å². The summed E-state index contributed by atoms with van der Waals surface area (Å²) in [4.78, 5) is 0. The Bertz CT molecular complexity index is 374. The van der Waals surface area contributed by atoms with Gasteiger partial charge in [0.25, 0.3) is 0 Å². The van der Waals surface area contributed by atoms with Crippen LogP contribution >= 0.6 is 15.9 Å². The minimum atomic E-state index is 0.357. The highest BCUT2D eigenvalue weighted by Gasteiger charge is 2.56. The smallest absolute Gasteiger partial charge is 0.0216 e. The Morgan fingerprint density at radius 3 is 2.92 bits per heavy atom. The van der Waals surface area contributed by atoms with Crippen molar-refractivity contribution in [3.63, 3.8) is 0 Å². The van der Waals surface area contributed by atoms with Gasteiger partial charge in [0.1, 0.15) is 0 Å². The van der Waals surface area contributed by atoms with Gasteiger partial charge in [-0.3, -0.25) is 0 Å². The van der Waals surface area contributed by atoms with E-state index >= 15 is 0 Å². The van der Waals surface area contributed by atoms with Gasteiger partial charge >= 0.3 is 0 Å². The van der Waals surface area contributed by atoms with Crippen LogP contribution < -0.4 is 5.73 Å². The van der Waals surface area contributed by atoms with Crippen molar-refractivity contribution in [1.82, 2.24) is 0 Å². The first-order chi connectivity index (χ1) is 6.24. The standard InChI is InChI=1S/C11H12BrN/c12-8-3-1-2-7-4-5-11(10(7)8)6-9(11)13/h1-3,9H,4-6,13H2/t9-,11-/m1/s1. The van der Waals surface area contributed by atoms with Crippen LogP contribution in [0.3, 0.4) is 0 Å². The van der Waals surface area contributed by atoms with E-state index in [0.717, 1.165) is 0 Å². The summed E-state index contributed by atoms with van der Waals surface area (Å²) < 4.78 is 1.26. The highest BCUT2D eigenvalue weighted by atomic mass is 79.9. The zero-order chi connectivity index (χ0) is 9.05. The third kappa shape index (κ3) is 0.906. The first kappa shape index (κ1) is 8.01. The number of aryl methyl sites for hydroxylation is 1. The van der Waals surface area contributed by atoms with Crippen molar-refractivity contribution in [2.45, 2.75) is 30.7 Å². The summed E-state index contributed by atoms with van der Waals surface area (Å²) in [6, 6.07) is 6.90. The van der Waals surface area contributed by atoms with Crippen LogP contribution in [0.15, 0.2) is 22.7 Å². The molecule has 68 valence electrons. The Hall–Kier alpha value is -0.340. The van der Waals surface area contributed by atoms with Crippen LogP contribution in [0.25, 0.3) is 0 Å². The summed E-state index contributed by atoms with van der Waals surface area (Å²) >= 11 is 3.63. The fraction of sp³-hybridized carbons (Fsp3) is 0.455. The largest absolute Gasteiger partial charge is 0.327 e. The Morgan fingerprint density at radius 1 is 1.46 bits per heavy atom. The third-order valence-electron chi connectivity index (χ3n) is 3.57. The van der Waals surface area contributed by atoms with Gasteiger partial charge in [-0.15, -0.1) is 0 Å². The van der Waals surface area contributed by atoms with Crippen LogP contribution in [-0.4, -0.2) is 6.04 Å². The average Bonchev–Trinajstić information content (AvgIpc) is 2.58. The molecule has 0 heterocycles. The molecule has 1 spiro atoms. The van der Waals surface area contributed by atoms with E-state index in [-0.39, 0.29) is 0 Å². The van der Waals surface area contributed by atoms with Crippen molar-refractivity contribution < 1.29 is 0 Å². The number of benzene rings is 1. The van der Waals surface area contributed by atoms with Gasteiger partial charge in [0.2, 0.25) is 0 Å². The Kier molecular flexibility index (Phi) is 1.46. The molecule has 1 nitrogen and oxygen atoms in total. The minimum Gasteiger partial charge on any atom is -0.327 e. The van der Waals surface area contributed by atoms with E-state index in [4.69, 9.17) is 5.73 Å². The van der Waals surface area contributed by atoms with E-state index in [2.05, 4.69) is 34.1 Å². The fourth-order valence-corrected chi connectivity index (χ4v) is 3.53. The van der Waals surface area contributed by atoms with E-state index in [1.807, 2.05) is 0 Å². The monoisotopic (exact) mass is 237 g/mol. The number of halogens is 1. The number of fused-ring (bicyclic) bond motifs is 2. The lowest BCUT2D eigenvalue weighted by Gasteiger charge is -2.11. The summed E-state index contributed by atoms with van der Waals surface area (Å²) in [6.07, 6.45) is 3.65. The molecule has 0 unspecified atom stereocenters. The molecule has 1 aromatic carbocycles. The Labute approximate surface area is 86.5 Å². The molecule has 0 saturated heterocycles. The summed E-state index contributed by atoms with van der Waals surface area (Å²) in [5.41, 5.74) is 9.39. The third-order valence-corrected chi connectivity index (χ3v) is 4.23. The second-order valence-electron chi connectivity index (χ2n) is 4.24. The molecule has 1 saturated carbocycles. The van der Waals surface area contributed by atoms with Crippen LogP contribution in [-0.2, 0) is 11.8 Å². The lowest BCUT2D eigenvalue weighted by Crippen LogP contribution is -2.15. The number of nitrogens with two attached hydrogens (primary N) is 1. The summed E-state index contributed by atoms with van der Waals surface area (Å²) in [5.74, 6) is 0. The van der Waals surface area contributed by atoms with Gasteiger partial charge in [0, 0.05) is 15.9 Å². The first-order valence-electron chi connectivity index (χ1n) is 4.77. The number of hydrogen-bond acceptors (Lipinski definition) is 1. The molecule has 2 atom stereocenters. The van der Waals surface area contributed by atoms with Crippen molar-refractivity contribution in [2.24, 2.45) is 5.73 Å². The van der Waals surface area contributed by atoms with Crippen molar-refractivity contribution in [2.75, 3.05) is 0 Å². The van der Waals surface area contributed by atoms with Gasteiger partial charge in [-0.2, -0.15) is 0 Å².